The first kappa shape index (κ1) is 10.6. The van der Waals surface area contributed by atoms with Crippen molar-refractivity contribution in [3.63, 3.8) is 0 Å². The Morgan fingerprint density at radius 1 is 1.44 bits per heavy atom. The third-order valence-corrected chi connectivity index (χ3v) is 2.18. The minimum atomic E-state index is -1.04. The van der Waals surface area contributed by atoms with Crippen LogP contribution < -0.4 is 0 Å². The van der Waals surface area contributed by atoms with Crippen LogP contribution in [0.25, 0.3) is 5.65 Å². The van der Waals surface area contributed by atoms with Gasteiger partial charge in [0.1, 0.15) is 0 Å². The summed E-state index contributed by atoms with van der Waals surface area (Å²) in [5.41, 5.74) is 0.591. The molecular formula is C10H11N3O3. The molecule has 16 heavy (non-hydrogen) atoms. The van der Waals surface area contributed by atoms with Crippen LogP contribution in [0, 0.1) is 0 Å². The van der Waals surface area contributed by atoms with E-state index >= 15 is 0 Å². The molecule has 0 bridgehead atoms. The zero-order valence-electron chi connectivity index (χ0n) is 8.50. The second-order valence-corrected chi connectivity index (χ2v) is 3.34. The molecule has 2 rings (SSSR count). The van der Waals surface area contributed by atoms with Gasteiger partial charge in [-0.1, -0.05) is 6.07 Å². The highest BCUT2D eigenvalue weighted by atomic mass is 16.4. The fourth-order valence-corrected chi connectivity index (χ4v) is 1.45. The molecule has 6 heteroatoms. The highest BCUT2D eigenvalue weighted by Crippen LogP contribution is 2.07. The van der Waals surface area contributed by atoms with E-state index in [4.69, 9.17) is 10.2 Å². The molecule has 0 radical (unpaired) electrons. The van der Waals surface area contributed by atoms with Crippen molar-refractivity contribution < 1.29 is 15.0 Å². The summed E-state index contributed by atoms with van der Waals surface area (Å²) in [6.45, 7) is 0.0708. The van der Waals surface area contributed by atoms with Crippen LogP contribution >= 0.6 is 0 Å². The fourth-order valence-electron chi connectivity index (χ4n) is 1.45. The van der Waals surface area contributed by atoms with Crippen molar-refractivity contribution in [2.24, 2.45) is 0 Å². The molecule has 84 valence electrons. The van der Waals surface area contributed by atoms with Crippen molar-refractivity contribution in [3.8, 4) is 0 Å². The van der Waals surface area contributed by atoms with E-state index in [0.29, 0.717) is 24.3 Å². The SMILES string of the molecule is O=C(O)c1cccc2nc(CCCO)nn12. The number of aliphatic hydroxyl groups excluding tert-OH is 1. The predicted octanol–water partition coefficient (Wildman–Crippen LogP) is 0.352. The van der Waals surface area contributed by atoms with Crippen LogP contribution in [-0.4, -0.2) is 37.4 Å². The molecule has 0 fully saturated rings. The number of aromatic nitrogens is 3. The van der Waals surface area contributed by atoms with Gasteiger partial charge in [0.05, 0.1) is 0 Å². The van der Waals surface area contributed by atoms with Crippen molar-refractivity contribution in [2.75, 3.05) is 6.61 Å². The van der Waals surface area contributed by atoms with Gasteiger partial charge in [-0.2, -0.15) is 5.10 Å². The number of aromatic carboxylic acids is 1. The van der Waals surface area contributed by atoms with Crippen molar-refractivity contribution >= 4 is 11.6 Å². The van der Waals surface area contributed by atoms with Crippen molar-refractivity contribution in [1.29, 1.82) is 0 Å². The summed E-state index contributed by atoms with van der Waals surface area (Å²) in [6, 6.07) is 4.80. The average molecular weight is 221 g/mol. The molecule has 2 aromatic rings. The first-order chi connectivity index (χ1) is 7.72. The number of rotatable bonds is 4. The fraction of sp³-hybridized carbons (Fsp3) is 0.300. The molecule has 0 unspecified atom stereocenters. The number of pyridine rings is 1. The molecule has 6 nitrogen and oxygen atoms in total. The maximum atomic E-state index is 10.9. The Morgan fingerprint density at radius 2 is 2.25 bits per heavy atom. The number of hydrogen-bond donors (Lipinski definition) is 2. The van der Waals surface area contributed by atoms with Crippen LogP contribution in [0.3, 0.4) is 0 Å². The van der Waals surface area contributed by atoms with Gasteiger partial charge in [0.15, 0.2) is 17.2 Å². The quantitative estimate of drug-likeness (QED) is 0.777. The highest BCUT2D eigenvalue weighted by Gasteiger charge is 2.11. The van der Waals surface area contributed by atoms with Gasteiger partial charge in [0.2, 0.25) is 0 Å². The minimum Gasteiger partial charge on any atom is -0.477 e. The molecule has 0 amide bonds. The molecule has 2 N–H and O–H groups in total. The summed E-state index contributed by atoms with van der Waals surface area (Å²) in [7, 11) is 0. The van der Waals surface area contributed by atoms with Crippen LogP contribution in [0.1, 0.15) is 22.7 Å². The minimum absolute atomic E-state index is 0.0708. The number of carboxylic acids is 1. The van der Waals surface area contributed by atoms with E-state index in [9.17, 15) is 4.79 Å². The number of aliphatic hydroxyl groups is 1. The number of hydrogen-bond acceptors (Lipinski definition) is 4. The first-order valence-electron chi connectivity index (χ1n) is 4.91. The maximum Gasteiger partial charge on any atom is 0.354 e. The zero-order chi connectivity index (χ0) is 11.5. The lowest BCUT2D eigenvalue weighted by molar-refractivity contribution is 0.0687. The Bertz CT molecular complexity index is 521. The largest absolute Gasteiger partial charge is 0.477 e. The van der Waals surface area contributed by atoms with Crippen LogP contribution in [0.4, 0.5) is 0 Å². The number of aryl methyl sites for hydroxylation is 1. The number of nitrogens with zero attached hydrogens (tertiary/aromatic N) is 3. The summed E-state index contributed by atoms with van der Waals surface area (Å²) in [5, 5.41) is 21.7. The molecule has 0 saturated heterocycles. The number of fused-ring (bicyclic) bond motifs is 1. The second kappa shape index (κ2) is 4.28. The summed E-state index contributed by atoms with van der Waals surface area (Å²) >= 11 is 0. The van der Waals surface area contributed by atoms with Gasteiger partial charge in [0, 0.05) is 13.0 Å². The third-order valence-electron chi connectivity index (χ3n) is 2.18. The molecule has 0 atom stereocenters. The summed E-state index contributed by atoms with van der Waals surface area (Å²) in [4.78, 5) is 15.1. The maximum absolute atomic E-state index is 10.9. The van der Waals surface area contributed by atoms with Crippen LogP contribution in [0.15, 0.2) is 18.2 Å². The van der Waals surface area contributed by atoms with Crippen molar-refractivity contribution in [3.05, 3.63) is 29.7 Å². The van der Waals surface area contributed by atoms with Gasteiger partial charge in [-0.15, -0.1) is 0 Å². The Hall–Kier alpha value is -1.95. The molecule has 2 aromatic heterocycles. The van der Waals surface area contributed by atoms with Gasteiger partial charge >= 0.3 is 5.97 Å². The second-order valence-electron chi connectivity index (χ2n) is 3.34. The Balaban J connectivity index is 2.44. The molecule has 2 heterocycles. The van der Waals surface area contributed by atoms with Crippen LogP contribution in [-0.2, 0) is 6.42 Å². The average Bonchev–Trinajstić information content (AvgIpc) is 2.68. The zero-order valence-corrected chi connectivity index (χ0v) is 8.50. The lowest BCUT2D eigenvalue weighted by atomic mass is 10.3. The van der Waals surface area contributed by atoms with Crippen molar-refractivity contribution in [2.45, 2.75) is 12.8 Å². The molecule has 0 aliphatic rings. The standard InChI is InChI=1S/C10H11N3O3/c14-6-2-4-8-11-9-5-1-3-7(10(15)16)13(9)12-8/h1,3,5,14H,2,4,6H2,(H,15,16). The van der Waals surface area contributed by atoms with E-state index in [-0.39, 0.29) is 12.3 Å². The summed E-state index contributed by atoms with van der Waals surface area (Å²) < 4.78 is 1.30. The van der Waals surface area contributed by atoms with Gasteiger partial charge in [-0.3, -0.25) is 0 Å². The van der Waals surface area contributed by atoms with Gasteiger partial charge < -0.3 is 10.2 Å². The Kier molecular flexibility index (Phi) is 2.82. The topological polar surface area (TPSA) is 87.7 Å². The monoisotopic (exact) mass is 221 g/mol. The van der Waals surface area contributed by atoms with E-state index < -0.39 is 5.97 Å². The van der Waals surface area contributed by atoms with E-state index in [2.05, 4.69) is 10.1 Å². The lowest BCUT2D eigenvalue weighted by Gasteiger charge is -1.96. The van der Waals surface area contributed by atoms with E-state index in [1.807, 2.05) is 0 Å². The number of carbonyl (C=O) groups is 1. The lowest BCUT2D eigenvalue weighted by Crippen LogP contribution is -2.05. The normalized spacial score (nSPS) is 10.8. The van der Waals surface area contributed by atoms with E-state index in [1.54, 1.807) is 12.1 Å². The smallest absolute Gasteiger partial charge is 0.354 e. The Labute approximate surface area is 91.2 Å². The molecule has 0 spiro atoms. The van der Waals surface area contributed by atoms with E-state index in [1.165, 1.54) is 10.6 Å². The van der Waals surface area contributed by atoms with Gasteiger partial charge in [-0.25, -0.2) is 14.3 Å². The summed E-state index contributed by atoms with van der Waals surface area (Å²) in [5.74, 6) is -0.494. The first-order valence-corrected chi connectivity index (χ1v) is 4.91. The van der Waals surface area contributed by atoms with Crippen molar-refractivity contribution in [1.82, 2.24) is 14.6 Å². The van der Waals surface area contributed by atoms with Gasteiger partial charge in [0.25, 0.3) is 0 Å². The highest BCUT2D eigenvalue weighted by molar-refractivity contribution is 5.86. The number of carboxylic acid groups (broad SMARTS) is 1. The molecular weight excluding hydrogens is 210 g/mol. The molecule has 0 aliphatic heterocycles. The third kappa shape index (κ3) is 1.87. The molecule has 0 saturated carbocycles. The molecule has 0 aliphatic carbocycles. The van der Waals surface area contributed by atoms with Gasteiger partial charge in [-0.05, 0) is 18.6 Å². The summed E-state index contributed by atoms with van der Waals surface area (Å²) in [6.07, 6.45) is 1.11. The Morgan fingerprint density at radius 3 is 2.94 bits per heavy atom. The molecule has 0 aromatic carbocycles. The van der Waals surface area contributed by atoms with Crippen LogP contribution in [0.5, 0.6) is 0 Å². The predicted molar refractivity (Wildman–Crippen MR) is 55.4 cm³/mol. The van der Waals surface area contributed by atoms with E-state index in [0.717, 1.165) is 0 Å². The van der Waals surface area contributed by atoms with Crippen LogP contribution in [0.2, 0.25) is 0 Å².